The van der Waals surface area contributed by atoms with E-state index in [-0.39, 0.29) is 0 Å². The Hall–Kier alpha value is -0.770. The van der Waals surface area contributed by atoms with Crippen LogP contribution in [0.25, 0.3) is 0 Å². The molecule has 0 aliphatic heterocycles. The molecule has 3 unspecified atom stereocenters. The molecule has 0 spiro atoms. The van der Waals surface area contributed by atoms with Crippen LogP contribution in [0, 0.1) is 5.92 Å². The van der Waals surface area contributed by atoms with E-state index in [4.69, 9.17) is 0 Å². The smallest absolute Gasteiger partial charge is 0.191 e. The number of aliphatic imine (C=N–C) groups is 1. The summed E-state index contributed by atoms with van der Waals surface area (Å²) in [6.07, 6.45) is 6.38. The van der Waals surface area contributed by atoms with Gasteiger partial charge in [-0.1, -0.05) is 27.2 Å². The molecule has 2 N–H and O–H groups in total. The minimum absolute atomic E-state index is 0.482. The Kier molecular flexibility index (Phi) is 8.74. The highest BCUT2D eigenvalue weighted by atomic mass is 15.2. The monoisotopic (exact) mass is 296 g/mol. The van der Waals surface area contributed by atoms with Crippen molar-refractivity contribution in [3.63, 3.8) is 0 Å². The Bertz CT molecular complexity index is 299. The fourth-order valence-electron chi connectivity index (χ4n) is 2.93. The van der Waals surface area contributed by atoms with Crippen LogP contribution in [0.5, 0.6) is 0 Å². The molecule has 124 valence electrons. The average molecular weight is 297 g/mol. The van der Waals surface area contributed by atoms with Crippen molar-refractivity contribution in [2.24, 2.45) is 10.9 Å². The van der Waals surface area contributed by atoms with Crippen LogP contribution in [0.2, 0.25) is 0 Å². The third-order valence-corrected chi connectivity index (χ3v) is 4.52. The van der Waals surface area contributed by atoms with Gasteiger partial charge in [-0.3, -0.25) is 4.99 Å². The highest BCUT2D eigenvalue weighted by Gasteiger charge is 2.36. The van der Waals surface area contributed by atoms with E-state index in [1.54, 1.807) is 0 Å². The first-order chi connectivity index (χ1) is 10.1. The molecule has 1 saturated carbocycles. The van der Waals surface area contributed by atoms with E-state index in [1.165, 1.54) is 38.6 Å². The van der Waals surface area contributed by atoms with Gasteiger partial charge in [0.05, 0.1) is 0 Å². The van der Waals surface area contributed by atoms with Crippen molar-refractivity contribution in [2.75, 3.05) is 26.7 Å². The maximum absolute atomic E-state index is 4.36. The number of hydrogen-bond donors (Lipinski definition) is 2. The lowest BCUT2D eigenvalue weighted by Gasteiger charge is -2.21. The minimum atomic E-state index is 0.482. The summed E-state index contributed by atoms with van der Waals surface area (Å²) in [5, 5.41) is 7.09. The third-order valence-electron chi connectivity index (χ3n) is 4.52. The molecule has 1 aliphatic carbocycles. The second kappa shape index (κ2) is 10.0. The van der Waals surface area contributed by atoms with Crippen molar-refractivity contribution >= 4 is 5.96 Å². The molecule has 0 heterocycles. The molecular formula is C17H36N4. The molecule has 1 rings (SSSR count). The van der Waals surface area contributed by atoms with Gasteiger partial charge in [0.2, 0.25) is 0 Å². The van der Waals surface area contributed by atoms with E-state index in [0.29, 0.717) is 12.1 Å². The van der Waals surface area contributed by atoms with Crippen molar-refractivity contribution in [1.29, 1.82) is 0 Å². The molecule has 4 heteroatoms. The first-order valence-corrected chi connectivity index (χ1v) is 8.86. The van der Waals surface area contributed by atoms with Crippen molar-refractivity contribution in [2.45, 2.75) is 71.9 Å². The largest absolute Gasteiger partial charge is 0.354 e. The van der Waals surface area contributed by atoms with Gasteiger partial charge in [-0.15, -0.1) is 0 Å². The molecule has 0 bridgehead atoms. The summed E-state index contributed by atoms with van der Waals surface area (Å²) in [6.45, 7) is 12.5. The second-order valence-corrected chi connectivity index (χ2v) is 6.32. The lowest BCUT2D eigenvalue weighted by molar-refractivity contribution is 0.292. The lowest BCUT2D eigenvalue weighted by atomic mass is 10.2. The van der Waals surface area contributed by atoms with Gasteiger partial charge in [-0.05, 0) is 58.2 Å². The highest BCUT2D eigenvalue weighted by Crippen LogP contribution is 2.34. The van der Waals surface area contributed by atoms with Crippen LogP contribution >= 0.6 is 0 Å². The zero-order chi connectivity index (χ0) is 15.7. The molecule has 0 aromatic carbocycles. The van der Waals surface area contributed by atoms with Crippen molar-refractivity contribution in [3.05, 3.63) is 0 Å². The summed E-state index contributed by atoms with van der Waals surface area (Å²) in [6, 6.07) is 1.13. The SMILES string of the molecule is CCCC1CC1NC(=NC)NC(C)CCCN(CC)CC. The van der Waals surface area contributed by atoms with Crippen LogP contribution in [-0.4, -0.2) is 49.6 Å². The van der Waals surface area contributed by atoms with Crippen LogP contribution in [0.15, 0.2) is 4.99 Å². The molecule has 1 aliphatic rings. The van der Waals surface area contributed by atoms with Crippen molar-refractivity contribution < 1.29 is 0 Å². The van der Waals surface area contributed by atoms with E-state index in [1.807, 2.05) is 7.05 Å². The lowest BCUT2D eigenvalue weighted by Crippen LogP contribution is -2.43. The zero-order valence-corrected chi connectivity index (χ0v) is 14.8. The van der Waals surface area contributed by atoms with Gasteiger partial charge in [0, 0.05) is 19.1 Å². The van der Waals surface area contributed by atoms with Gasteiger partial charge >= 0.3 is 0 Å². The number of nitrogens with one attached hydrogen (secondary N) is 2. The van der Waals surface area contributed by atoms with E-state index in [0.717, 1.165) is 25.0 Å². The van der Waals surface area contributed by atoms with Gasteiger partial charge in [0.15, 0.2) is 5.96 Å². The molecule has 4 nitrogen and oxygen atoms in total. The maximum Gasteiger partial charge on any atom is 0.191 e. The summed E-state index contributed by atoms with van der Waals surface area (Å²) >= 11 is 0. The van der Waals surface area contributed by atoms with Gasteiger partial charge in [0.25, 0.3) is 0 Å². The normalized spacial score (nSPS) is 23.2. The van der Waals surface area contributed by atoms with Crippen LogP contribution in [-0.2, 0) is 0 Å². The second-order valence-electron chi connectivity index (χ2n) is 6.32. The fourth-order valence-corrected chi connectivity index (χ4v) is 2.93. The van der Waals surface area contributed by atoms with Gasteiger partial charge in [0.1, 0.15) is 0 Å². The Balaban J connectivity index is 2.18. The number of rotatable bonds is 10. The van der Waals surface area contributed by atoms with Crippen molar-refractivity contribution in [1.82, 2.24) is 15.5 Å². The molecule has 0 amide bonds. The summed E-state index contributed by atoms with van der Waals surface area (Å²) in [7, 11) is 1.87. The Morgan fingerprint density at radius 3 is 2.57 bits per heavy atom. The van der Waals surface area contributed by atoms with Gasteiger partial charge in [-0.2, -0.15) is 0 Å². The number of nitrogens with zero attached hydrogens (tertiary/aromatic N) is 2. The summed E-state index contributed by atoms with van der Waals surface area (Å²) in [5.74, 6) is 1.85. The number of guanidine groups is 1. The summed E-state index contributed by atoms with van der Waals surface area (Å²) in [4.78, 5) is 6.85. The molecule has 0 saturated heterocycles. The third kappa shape index (κ3) is 7.16. The van der Waals surface area contributed by atoms with E-state index < -0.39 is 0 Å². The first kappa shape index (κ1) is 18.3. The molecule has 0 aromatic heterocycles. The zero-order valence-electron chi connectivity index (χ0n) is 14.8. The Labute approximate surface area is 131 Å². The van der Waals surface area contributed by atoms with E-state index >= 15 is 0 Å². The van der Waals surface area contributed by atoms with E-state index in [9.17, 15) is 0 Å². The molecular weight excluding hydrogens is 260 g/mol. The standard InChI is InChI=1S/C17H36N4/c1-6-10-15-13-16(15)20-17(18-5)19-14(4)11-9-12-21(7-2)8-3/h14-16H,6-13H2,1-5H3,(H2,18,19,20). The quantitative estimate of drug-likeness (QED) is 0.481. The topological polar surface area (TPSA) is 39.7 Å². The van der Waals surface area contributed by atoms with E-state index in [2.05, 4.69) is 48.2 Å². The van der Waals surface area contributed by atoms with Gasteiger partial charge < -0.3 is 15.5 Å². The maximum atomic E-state index is 4.36. The van der Waals surface area contributed by atoms with Crippen LogP contribution in [0.4, 0.5) is 0 Å². The first-order valence-electron chi connectivity index (χ1n) is 8.86. The number of hydrogen-bond acceptors (Lipinski definition) is 2. The fraction of sp³-hybridized carbons (Fsp3) is 0.941. The predicted octanol–water partition coefficient (Wildman–Crippen LogP) is 2.85. The molecule has 0 radical (unpaired) electrons. The predicted molar refractivity (Wildman–Crippen MR) is 92.9 cm³/mol. The van der Waals surface area contributed by atoms with Crippen LogP contribution in [0.3, 0.4) is 0 Å². The Morgan fingerprint density at radius 2 is 2.00 bits per heavy atom. The van der Waals surface area contributed by atoms with Crippen LogP contribution in [0.1, 0.15) is 59.8 Å². The van der Waals surface area contributed by atoms with Crippen molar-refractivity contribution in [3.8, 4) is 0 Å². The Morgan fingerprint density at radius 1 is 1.29 bits per heavy atom. The molecule has 3 atom stereocenters. The minimum Gasteiger partial charge on any atom is -0.354 e. The molecule has 21 heavy (non-hydrogen) atoms. The molecule has 1 fully saturated rings. The summed E-state index contributed by atoms with van der Waals surface area (Å²) in [5.41, 5.74) is 0. The highest BCUT2D eigenvalue weighted by molar-refractivity contribution is 5.80. The van der Waals surface area contributed by atoms with Gasteiger partial charge in [-0.25, -0.2) is 0 Å². The molecule has 0 aromatic rings. The average Bonchev–Trinajstić information content (AvgIpc) is 3.21. The summed E-state index contributed by atoms with van der Waals surface area (Å²) < 4.78 is 0. The van der Waals surface area contributed by atoms with Crippen LogP contribution < -0.4 is 10.6 Å².